The minimum absolute atomic E-state index is 0.142. The van der Waals surface area contributed by atoms with Gasteiger partial charge in [-0.1, -0.05) is 90.5 Å². The number of nitrogens with zero attached hydrogens (tertiary/aromatic N) is 1. The lowest BCUT2D eigenvalue weighted by Crippen LogP contribution is -2.43. The number of benzene rings is 4. The topological polar surface area (TPSA) is 67.9 Å². The van der Waals surface area contributed by atoms with Crippen LogP contribution in [-0.2, 0) is 29.1 Å². The number of hydrogen-bond acceptors (Lipinski definition) is 4. The van der Waals surface area contributed by atoms with Gasteiger partial charge in [-0.25, -0.2) is 0 Å². The minimum Gasteiger partial charge on any atom is -0.454 e. The summed E-state index contributed by atoms with van der Waals surface area (Å²) < 4.78 is 10.9. The zero-order valence-electron chi connectivity index (χ0n) is 20.7. The van der Waals surface area contributed by atoms with Gasteiger partial charge in [0, 0.05) is 18.1 Å². The highest BCUT2D eigenvalue weighted by Crippen LogP contribution is 2.32. The molecule has 0 spiro atoms. The molecule has 2 amide bonds. The SMILES string of the molecule is O=C(NCc1ccc2c(c1)OCO2)[C@@H](c1ccccc1)N(Cc1ccccc1)C(=O)Cc1ccc(Cl)cc1. The van der Waals surface area contributed by atoms with Crippen LogP contribution < -0.4 is 14.8 Å². The highest BCUT2D eigenvalue weighted by molar-refractivity contribution is 6.30. The number of hydrogen-bond donors (Lipinski definition) is 1. The minimum atomic E-state index is -0.829. The number of amides is 2. The molecule has 0 bridgehead atoms. The molecule has 0 aromatic heterocycles. The van der Waals surface area contributed by atoms with E-state index in [9.17, 15) is 9.59 Å². The summed E-state index contributed by atoms with van der Waals surface area (Å²) in [6.07, 6.45) is 0.142. The molecule has 0 radical (unpaired) electrons. The number of ether oxygens (including phenoxy) is 2. The van der Waals surface area contributed by atoms with Crippen molar-refractivity contribution in [2.75, 3.05) is 6.79 Å². The number of halogens is 1. The molecule has 0 aliphatic carbocycles. The number of nitrogens with one attached hydrogen (secondary N) is 1. The number of carbonyl (C=O) groups excluding carboxylic acids is 2. The summed E-state index contributed by atoms with van der Waals surface area (Å²) in [5.41, 5.74) is 3.36. The van der Waals surface area contributed by atoms with Crippen LogP contribution in [0.5, 0.6) is 11.5 Å². The highest BCUT2D eigenvalue weighted by atomic mass is 35.5. The van der Waals surface area contributed by atoms with E-state index >= 15 is 0 Å². The zero-order chi connectivity index (χ0) is 26.3. The van der Waals surface area contributed by atoms with E-state index in [1.54, 1.807) is 17.0 Å². The van der Waals surface area contributed by atoms with Gasteiger partial charge in [0.15, 0.2) is 11.5 Å². The van der Waals surface area contributed by atoms with Crippen molar-refractivity contribution in [1.29, 1.82) is 0 Å². The Morgan fingerprint density at radius 3 is 2.18 bits per heavy atom. The summed E-state index contributed by atoms with van der Waals surface area (Å²) >= 11 is 6.04. The normalized spacial score (nSPS) is 12.6. The fourth-order valence-electron chi connectivity index (χ4n) is 4.43. The van der Waals surface area contributed by atoms with Crippen molar-refractivity contribution in [1.82, 2.24) is 10.2 Å². The van der Waals surface area contributed by atoms with Crippen LogP contribution in [0.1, 0.15) is 28.3 Å². The molecule has 4 aromatic rings. The Morgan fingerprint density at radius 1 is 0.789 bits per heavy atom. The van der Waals surface area contributed by atoms with Crippen molar-refractivity contribution < 1.29 is 19.1 Å². The Kier molecular flexibility index (Phi) is 7.90. The van der Waals surface area contributed by atoms with Crippen LogP contribution in [0.25, 0.3) is 0 Å². The molecule has 5 rings (SSSR count). The van der Waals surface area contributed by atoms with Crippen LogP contribution in [0.15, 0.2) is 103 Å². The molecule has 1 heterocycles. The predicted octanol–water partition coefficient (Wildman–Crippen LogP) is 5.70. The Hall–Kier alpha value is -4.29. The largest absolute Gasteiger partial charge is 0.454 e. The zero-order valence-corrected chi connectivity index (χ0v) is 21.4. The van der Waals surface area contributed by atoms with E-state index in [0.717, 1.165) is 22.3 Å². The molecule has 0 fully saturated rings. The average Bonchev–Trinajstić information content (AvgIpc) is 3.42. The summed E-state index contributed by atoms with van der Waals surface area (Å²) in [6.45, 7) is 0.749. The summed E-state index contributed by atoms with van der Waals surface area (Å²) in [7, 11) is 0. The quantitative estimate of drug-likeness (QED) is 0.304. The van der Waals surface area contributed by atoms with E-state index in [0.29, 0.717) is 16.5 Å². The molecule has 7 heteroatoms. The maximum absolute atomic E-state index is 13.8. The molecule has 38 heavy (non-hydrogen) atoms. The van der Waals surface area contributed by atoms with Gasteiger partial charge in [-0.2, -0.15) is 0 Å². The maximum Gasteiger partial charge on any atom is 0.247 e. The van der Waals surface area contributed by atoms with Gasteiger partial charge in [-0.05, 0) is 46.5 Å². The molecule has 0 saturated heterocycles. The lowest BCUT2D eigenvalue weighted by atomic mass is 10.0. The van der Waals surface area contributed by atoms with Gasteiger partial charge < -0.3 is 19.7 Å². The second kappa shape index (κ2) is 11.8. The van der Waals surface area contributed by atoms with Gasteiger partial charge in [0.25, 0.3) is 0 Å². The van der Waals surface area contributed by atoms with Crippen molar-refractivity contribution in [2.24, 2.45) is 0 Å². The molecule has 1 atom stereocenters. The van der Waals surface area contributed by atoms with Crippen molar-refractivity contribution in [3.63, 3.8) is 0 Å². The fraction of sp³-hybridized carbons (Fsp3) is 0.161. The summed E-state index contributed by atoms with van der Waals surface area (Å²) in [6, 6.07) is 31.0. The Balaban J connectivity index is 1.43. The Morgan fingerprint density at radius 2 is 1.45 bits per heavy atom. The summed E-state index contributed by atoms with van der Waals surface area (Å²) in [4.78, 5) is 29.3. The predicted molar refractivity (Wildman–Crippen MR) is 146 cm³/mol. The smallest absolute Gasteiger partial charge is 0.247 e. The molecule has 6 nitrogen and oxygen atoms in total. The van der Waals surface area contributed by atoms with Crippen LogP contribution in [0.4, 0.5) is 0 Å². The highest BCUT2D eigenvalue weighted by Gasteiger charge is 2.31. The number of carbonyl (C=O) groups is 2. The molecule has 1 aliphatic rings. The third-order valence-electron chi connectivity index (χ3n) is 6.36. The van der Waals surface area contributed by atoms with Gasteiger partial charge in [-0.3, -0.25) is 9.59 Å². The van der Waals surface area contributed by atoms with Crippen LogP contribution in [0.2, 0.25) is 5.02 Å². The van der Waals surface area contributed by atoms with E-state index in [1.807, 2.05) is 91.0 Å². The first kappa shape index (κ1) is 25.4. The fourth-order valence-corrected chi connectivity index (χ4v) is 4.55. The van der Waals surface area contributed by atoms with E-state index in [-0.39, 0.29) is 38.1 Å². The monoisotopic (exact) mass is 526 g/mol. The van der Waals surface area contributed by atoms with Gasteiger partial charge >= 0.3 is 0 Å². The maximum atomic E-state index is 13.8. The third kappa shape index (κ3) is 6.15. The standard InChI is InChI=1S/C31H27ClN2O4/c32-26-14-11-22(12-15-26)18-29(35)34(20-23-7-3-1-4-8-23)30(25-9-5-2-6-10-25)31(36)33-19-24-13-16-27-28(17-24)38-21-37-27/h1-17,30H,18-21H2,(H,33,36)/t30-/m1/s1. The Labute approximate surface area is 226 Å². The van der Waals surface area contributed by atoms with Crippen LogP contribution >= 0.6 is 11.6 Å². The molecule has 0 saturated carbocycles. The first-order chi connectivity index (χ1) is 18.6. The third-order valence-corrected chi connectivity index (χ3v) is 6.62. The second-order valence-electron chi connectivity index (χ2n) is 9.03. The van der Waals surface area contributed by atoms with Crippen molar-refractivity contribution in [3.05, 3.63) is 130 Å². The number of rotatable bonds is 9. The Bertz CT molecular complexity index is 1390. The van der Waals surface area contributed by atoms with Crippen molar-refractivity contribution in [3.8, 4) is 11.5 Å². The summed E-state index contributed by atoms with van der Waals surface area (Å²) in [5.74, 6) is 0.904. The van der Waals surface area contributed by atoms with E-state index in [2.05, 4.69) is 5.32 Å². The molecule has 1 aliphatic heterocycles. The molecule has 192 valence electrons. The van der Waals surface area contributed by atoms with Gasteiger partial charge in [0.2, 0.25) is 18.6 Å². The van der Waals surface area contributed by atoms with Gasteiger partial charge in [-0.15, -0.1) is 0 Å². The molecular formula is C31H27ClN2O4. The van der Waals surface area contributed by atoms with Crippen LogP contribution in [-0.4, -0.2) is 23.5 Å². The molecular weight excluding hydrogens is 500 g/mol. The molecule has 0 unspecified atom stereocenters. The van der Waals surface area contributed by atoms with Crippen LogP contribution in [0.3, 0.4) is 0 Å². The van der Waals surface area contributed by atoms with E-state index in [1.165, 1.54) is 0 Å². The van der Waals surface area contributed by atoms with E-state index in [4.69, 9.17) is 21.1 Å². The summed E-state index contributed by atoms with van der Waals surface area (Å²) in [5, 5.41) is 3.64. The van der Waals surface area contributed by atoms with Crippen molar-refractivity contribution in [2.45, 2.75) is 25.6 Å². The van der Waals surface area contributed by atoms with Gasteiger partial charge in [0.1, 0.15) is 6.04 Å². The number of fused-ring (bicyclic) bond motifs is 1. The van der Waals surface area contributed by atoms with Crippen molar-refractivity contribution >= 4 is 23.4 Å². The van der Waals surface area contributed by atoms with E-state index < -0.39 is 6.04 Å². The first-order valence-corrected chi connectivity index (χ1v) is 12.7. The second-order valence-corrected chi connectivity index (χ2v) is 9.47. The first-order valence-electron chi connectivity index (χ1n) is 12.4. The molecule has 1 N–H and O–H groups in total. The molecule has 4 aromatic carbocycles. The average molecular weight is 527 g/mol. The lowest BCUT2D eigenvalue weighted by Gasteiger charge is -2.32. The lowest BCUT2D eigenvalue weighted by molar-refractivity contribution is -0.141. The van der Waals surface area contributed by atoms with Gasteiger partial charge in [0.05, 0.1) is 6.42 Å². The van der Waals surface area contributed by atoms with Crippen LogP contribution in [0, 0.1) is 0 Å².